The zero-order valence-corrected chi connectivity index (χ0v) is 11.9. The van der Waals surface area contributed by atoms with Gasteiger partial charge in [0.2, 0.25) is 0 Å². The number of rotatable bonds is 2. The highest BCUT2D eigenvalue weighted by molar-refractivity contribution is 5.67. The molecule has 0 saturated carbocycles. The molecule has 2 heteroatoms. The van der Waals surface area contributed by atoms with Crippen molar-refractivity contribution < 1.29 is 5.11 Å². The van der Waals surface area contributed by atoms with E-state index in [-0.39, 0.29) is 0 Å². The van der Waals surface area contributed by atoms with Crippen molar-refractivity contribution >= 4 is 11.4 Å². The van der Waals surface area contributed by atoms with Gasteiger partial charge in [0.15, 0.2) is 0 Å². The van der Waals surface area contributed by atoms with Crippen molar-refractivity contribution in [1.29, 1.82) is 0 Å². The molecule has 1 atom stereocenters. The van der Waals surface area contributed by atoms with Crippen LogP contribution >= 0.6 is 0 Å². The number of hydrogen-bond donors (Lipinski definition) is 1. The molecule has 104 valence electrons. The van der Waals surface area contributed by atoms with Gasteiger partial charge in [0, 0.05) is 17.9 Å². The van der Waals surface area contributed by atoms with E-state index in [0.29, 0.717) is 0 Å². The molecule has 0 aliphatic carbocycles. The molecule has 2 aromatic rings. The Morgan fingerprint density at radius 2 is 1.75 bits per heavy atom. The Bertz CT molecular complexity index is 574. The molecule has 0 amide bonds. The van der Waals surface area contributed by atoms with Crippen LogP contribution in [-0.4, -0.2) is 11.7 Å². The summed E-state index contributed by atoms with van der Waals surface area (Å²) in [6.45, 7) is 2.86. The molecular formula is C18H21NO. The van der Waals surface area contributed by atoms with Gasteiger partial charge in [0.1, 0.15) is 0 Å². The van der Waals surface area contributed by atoms with Gasteiger partial charge in [-0.1, -0.05) is 30.3 Å². The van der Waals surface area contributed by atoms with Crippen LogP contribution in [0.5, 0.6) is 0 Å². The normalized spacial score (nSPS) is 16.4. The molecule has 1 heterocycles. The van der Waals surface area contributed by atoms with Crippen molar-refractivity contribution in [3.63, 3.8) is 0 Å². The highest BCUT2D eigenvalue weighted by Crippen LogP contribution is 2.32. The smallest absolute Gasteiger partial charge is 0.0761 e. The van der Waals surface area contributed by atoms with Crippen LogP contribution in [0.1, 0.15) is 37.0 Å². The molecule has 3 rings (SSSR count). The van der Waals surface area contributed by atoms with Crippen LogP contribution in [0.3, 0.4) is 0 Å². The third kappa shape index (κ3) is 2.56. The van der Waals surface area contributed by atoms with Crippen molar-refractivity contribution in [3.8, 4) is 0 Å². The van der Waals surface area contributed by atoms with E-state index < -0.39 is 6.10 Å². The van der Waals surface area contributed by atoms with Gasteiger partial charge in [-0.15, -0.1) is 0 Å². The third-order valence-electron chi connectivity index (χ3n) is 4.05. The number of aliphatic hydroxyl groups is 1. The average Bonchev–Trinajstić information content (AvgIpc) is 2.69. The monoisotopic (exact) mass is 267 g/mol. The number of aliphatic hydroxyl groups excluding tert-OH is 1. The predicted molar refractivity (Wildman–Crippen MR) is 83.5 cm³/mol. The number of hydrogen-bond acceptors (Lipinski definition) is 2. The quantitative estimate of drug-likeness (QED) is 0.881. The fourth-order valence-electron chi connectivity index (χ4n) is 2.89. The van der Waals surface area contributed by atoms with Crippen LogP contribution in [0, 0.1) is 0 Å². The minimum Gasteiger partial charge on any atom is -0.389 e. The van der Waals surface area contributed by atoms with Crippen molar-refractivity contribution in [2.45, 2.75) is 32.3 Å². The van der Waals surface area contributed by atoms with E-state index in [1.165, 1.54) is 36.2 Å². The van der Waals surface area contributed by atoms with Gasteiger partial charge in [-0.3, -0.25) is 0 Å². The van der Waals surface area contributed by atoms with Crippen LogP contribution in [0.4, 0.5) is 11.4 Å². The van der Waals surface area contributed by atoms with Crippen LogP contribution in [-0.2, 0) is 6.42 Å². The maximum Gasteiger partial charge on any atom is 0.0761 e. The second-order valence-corrected chi connectivity index (χ2v) is 5.50. The molecule has 0 unspecified atom stereocenters. The number of para-hydroxylation sites is 1. The molecule has 1 aliphatic rings. The van der Waals surface area contributed by atoms with Gasteiger partial charge in [0.25, 0.3) is 0 Å². The maximum absolute atomic E-state index is 9.61. The van der Waals surface area contributed by atoms with Gasteiger partial charge < -0.3 is 10.0 Å². The molecule has 0 radical (unpaired) electrons. The maximum atomic E-state index is 9.61. The Labute approximate surface area is 120 Å². The highest BCUT2D eigenvalue weighted by atomic mass is 16.3. The second kappa shape index (κ2) is 5.68. The lowest BCUT2D eigenvalue weighted by molar-refractivity contribution is 0.199. The number of fused-ring (bicyclic) bond motifs is 1. The fraction of sp³-hybridized carbons (Fsp3) is 0.333. The lowest BCUT2D eigenvalue weighted by Gasteiger charge is -2.25. The van der Waals surface area contributed by atoms with E-state index in [1.54, 1.807) is 6.92 Å². The van der Waals surface area contributed by atoms with Gasteiger partial charge >= 0.3 is 0 Å². The molecule has 20 heavy (non-hydrogen) atoms. The number of aryl methyl sites for hydroxylation is 1. The first-order chi connectivity index (χ1) is 9.75. The highest BCUT2D eigenvalue weighted by Gasteiger charge is 2.16. The summed E-state index contributed by atoms with van der Waals surface area (Å²) in [5.74, 6) is 0. The lowest BCUT2D eigenvalue weighted by atomic mass is 10.1. The topological polar surface area (TPSA) is 23.5 Å². The summed E-state index contributed by atoms with van der Waals surface area (Å²) in [6.07, 6.45) is 3.23. The van der Waals surface area contributed by atoms with Crippen LogP contribution in [0.15, 0.2) is 48.5 Å². The van der Waals surface area contributed by atoms with Crippen LogP contribution < -0.4 is 4.90 Å². The van der Waals surface area contributed by atoms with Crippen LogP contribution in [0.2, 0.25) is 0 Å². The minimum atomic E-state index is -0.402. The van der Waals surface area contributed by atoms with Crippen LogP contribution in [0.25, 0.3) is 0 Å². The van der Waals surface area contributed by atoms with E-state index in [0.717, 1.165) is 12.1 Å². The summed E-state index contributed by atoms with van der Waals surface area (Å²) >= 11 is 0. The van der Waals surface area contributed by atoms with E-state index in [1.807, 2.05) is 12.1 Å². The Morgan fingerprint density at radius 1 is 1.00 bits per heavy atom. The molecule has 0 fully saturated rings. The minimum absolute atomic E-state index is 0.402. The summed E-state index contributed by atoms with van der Waals surface area (Å²) in [7, 11) is 0. The predicted octanol–water partition coefficient (Wildman–Crippen LogP) is 4.21. The Morgan fingerprint density at radius 3 is 2.50 bits per heavy atom. The number of nitrogens with zero attached hydrogens (tertiary/aromatic N) is 1. The van der Waals surface area contributed by atoms with E-state index in [4.69, 9.17) is 0 Å². The third-order valence-corrected chi connectivity index (χ3v) is 4.05. The summed E-state index contributed by atoms with van der Waals surface area (Å²) in [4.78, 5) is 2.40. The first kappa shape index (κ1) is 13.2. The zero-order chi connectivity index (χ0) is 13.9. The van der Waals surface area contributed by atoms with Gasteiger partial charge in [0.05, 0.1) is 6.10 Å². The molecule has 0 spiro atoms. The fourth-order valence-corrected chi connectivity index (χ4v) is 2.89. The molecule has 1 aliphatic heterocycles. The van der Waals surface area contributed by atoms with Crippen molar-refractivity contribution in [3.05, 3.63) is 59.7 Å². The van der Waals surface area contributed by atoms with Crippen molar-refractivity contribution in [2.24, 2.45) is 0 Å². The SMILES string of the molecule is C[C@H](O)c1ccc(N2CCCCc3ccccc32)cc1. The summed E-state index contributed by atoms with van der Waals surface area (Å²) in [5.41, 5.74) is 4.94. The standard InChI is InChI=1S/C18H21NO/c1-14(20)15-9-11-17(12-10-15)19-13-5-4-7-16-6-2-3-8-18(16)19/h2-3,6,8-12,14,20H,4-5,7,13H2,1H3/t14-/m0/s1. The Kier molecular flexibility index (Phi) is 3.75. The summed E-state index contributed by atoms with van der Waals surface area (Å²) < 4.78 is 0. The largest absolute Gasteiger partial charge is 0.389 e. The Hall–Kier alpha value is -1.80. The van der Waals surface area contributed by atoms with Crippen molar-refractivity contribution in [1.82, 2.24) is 0 Å². The molecule has 0 aromatic heterocycles. The van der Waals surface area contributed by atoms with E-state index in [2.05, 4.69) is 41.3 Å². The first-order valence-electron chi connectivity index (χ1n) is 7.39. The molecule has 2 nitrogen and oxygen atoms in total. The van der Waals surface area contributed by atoms with Gasteiger partial charge in [-0.25, -0.2) is 0 Å². The molecular weight excluding hydrogens is 246 g/mol. The zero-order valence-electron chi connectivity index (χ0n) is 11.9. The molecule has 0 saturated heterocycles. The van der Waals surface area contributed by atoms with Gasteiger partial charge in [-0.05, 0) is 55.5 Å². The summed E-state index contributed by atoms with van der Waals surface area (Å²) in [5, 5.41) is 9.61. The van der Waals surface area contributed by atoms with Crippen molar-refractivity contribution in [2.75, 3.05) is 11.4 Å². The number of benzene rings is 2. The molecule has 2 aromatic carbocycles. The average molecular weight is 267 g/mol. The first-order valence-corrected chi connectivity index (χ1v) is 7.39. The molecule has 0 bridgehead atoms. The molecule has 1 N–H and O–H groups in total. The lowest BCUT2D eigenvalue weighted by Crippen LogP contribution is -2.17. The number of anilines is 2. The van der Waals surface area contributed by atoms with E-state index >= 15 is 0 Å². The van der Waals surface area contributed by atoms with Gasteiger partial charge in [-0.2, -0.15) is 0 Å². The second-order valence-electron chi connectivity index (χ2n) is 5.50. The Balaban J connectivity index is 1.97. The summed E-state index contributed by atoms with van der Waals surface area (Å²) in [6, 6.07) is 17.0. The van der Waals surface area contributed by atoms with E-state index in [9.17, 15) is 5.11 Å².